The lowest BCUT2D eigenvalue weighted by molar-refractivity contribution is -0.150. The Morgan fingerprint density at radius 3 is 2.29 bits per heavy atom. The summed E-state index contributed by atoms with van der Waals surface area (Å²) in [5.74, 6) is -0.600. The molecule has 0 bridgehead atoms. The summed E-state index contributed by atoms with van der Waals surface area (Å²) in [5, 5.41) is 9.44. The first-order valence-corrected chi connectivity index (χ1v) is 6.97. The zero-order valence-corrected chi connectivity index (χ0v) is 11.5. The molecule has 1 unspecified atom stereocenters. The van der Waals surface area contributed by atoms with Crippen LogP contribution in [-0.2, 0) is 4.79 Å². The van der Waals surface area contributed by atoms with Crippen LogP contribution in [0.5, 0.6) is 0 Å². The van der Waals surface area contributed by atoms with Crippen LogP contribution in [0.1, 0.15) is 71.6 Å². The maximum atomic E-state index is 11.5. The fourth-order valence-electron chi connectivity index (χ4n) is 2.29. The number of rotatable bonds is 11. The van der Waals surface area contributed by atoms with E-state index in [1.807, 2.05) is 13.0 Å². The van der Waals surface area contributed by atoms with Gasteiger partial charge in [-0.25, -0.2) is 0 Å². The van der Waals surface area contributed by atoms with E-state index in [1.54, 1.807) is 0 Å². The fourth-order valence-corrected chi connectivity index (χ4v) is 2.29. The van der Waals surface area contributed by atoms with Gasteiger partial charge in [0.1, 0.15) is 0 Å². The molecule has 0 fully saturated rings. The van der Waals surface area contributed by atoms with Crippen molar-refractivity contribution in [1.29, 1.82) is 0 Å². The van der Waals surface area contributed by atoms with Crippen LogP contribution in [0.4, 0.5) is 0 Å². The largest absolute Gasteiger partial charge is 0.481 e. The van der Waals surface area contributed by atoms with Crippen molar-refractivity contribution in [3.8, 4) is 0 Å². The minimum Gasteiger partial charge on any atom is -0.481 e. The third-order valence-corrected chi connectivity index (χ3v) is 3.70. The Labute approximate surface area is 106 Å². The highest BCUT2D eigenvalue weighted by molar-refractivity contribution is 5.74. The molecule has 17 heavy (non-hydrogen) atoms. The molecule has 0 aliphatic heterocycles. The number of carboxylic acid groups (broad SMARTS) is 1. The zero-order chi connectivity index (χ0) is 13.1. The van der Waals surface area contributed by atoms with Gasteiger partial charge in [-0.3, -0.25) is 4.79 Å². The lowest BCUT2D eigenvalue weighted by Gasteiger charge is -2.28. The van der Waals surface area contributed by atoms with Crippen LogP contribution in [0.3, 0.4) is 0 Å². The first-order valence-electron chi connectivity index (χ1n) is 6.97. The number of aliphatic carboxylic acids is 1. The van der Waals surface area contributed by atoms with Gasteiger partial charge in [0.15, 0.2) is 0 Å². The van der Waals surface area contributed by atoms with Crippen molar-refractivity contribution < 1.29 is 9.90 Å². The van der Waals surface area contributed by atoms with Gasteiger partial charge in [0.05, 0.1) is 5.41 Å². The smallest absolute Gasteiger partial charge is 0.309 e. The summed E-state index contributed by atoms with van der Waals surface area (Å²) in [5.41, 5.74) is -0.468. The normalized spacial score (nSPS) is 14.2. The number of unbranched alkanes of at least 4 members (excludes halogenated alkanes) is 4. The molecule has 0 saturated heterocycles. The summed E-state index contributed by atoms with van der Waals surface area (Å²) in [7, 11) is 0. The second-order valence-corrected chi connectivity index (χ2v) is 4.93. The van der Waals surface area contributed by atoms with Gasteiger partial charge in [0.25, 0.3) is 0 Å². The Hall–Kier alpha value is -0.790. The van der Waals surface area contributed by atoms with Gasteiger partial charge >= 0.3 is 5.97 Å². The Kier molecular flexibility index (Phi) is 8.83. The Bertz CT molecular complexity index is 223. The third kappa shape index (κ3) is 5.90. The fraction of sp³-hybridized carbons (Fsp3) is 0.800. The van der Waals surface area contributed by atoms with E-state index in [0.717, 1.165) is 57.8 Å². The minimum atomic E-state index is -0.600. The van der Waals surface area contributed by atoms with Gasteiger partial charge in [-0.15, -0.1) is 6.58 Å². The highest BCUT2D eigenvalue weighted by Crippen LogP contribution is 2.35. The molecule has 1 atom stereocenters. The molecule has 0 heterocycles. The molecule has 0 rings (SSSR count). The molecule has 0 saturated carbocycles. The maximum Gasteiger partial charge on any atom is 0.309 e. The van der Waals surface area contributed by atoms with Gasteiger partial charge in [-0.05, 0) is 32.1 Å². The molecular weight excluding hydrogens is 212 g/mol. The standard InChI is InChI=1S/C15H28O2/c1-4-7-9-10-11-13-15(6-3,14(16)17)12-8-5-2/h4H,1,5-13H2,2-3H3,(H,16,17). The molecule has 0 aliphatic carbocycles. The second-order valence-electron chi connectivity index (χ2n) is 4.93. The average molecular weight is 240 g/mol. The number of carbonyl (C=O) groups is 1. The van der Waals surface area contributed by atoms with Crippen molar-refractivity contribution >= 4 is 5.97 Å². The van der Waals surface area contributed by atoms with Crippen molar-refractivity contribution in [3.63, 3.8) is 0 Å². The predicted octanol–water partition coefficient (Wildman–Crippen LogP) is 4.79. The third-order valence-electron chi connectivity index (χ3n) is 3.70. The van der Waals surface area contributed by atoms with Crippen molar-refractivity contribution in [2.75, 3.05) is 0 Å². The molecule has 2 heteroatoms. The van der Waals surface area contributed by atoms with Crippen molar-refractivity contribution in [1.82, 2.24) is 0 Å². The second kappa shape index (κ2) is 9.26. The van der Waals surface area contributed by atoms with Crippen LogP contribution < -0.4 is 0 Å². The summed E-state index contributed by atoms with van der Waals surface area (Å²) in [6.07, 6.45) is 10.8. The summed E-state index contributed by atoms with van der Waals surface area (Å²) in [6.45, 7) is 7.82. The van der Waals surface area contributed by atoms with Gasteiger partial charge in [-0.2, -0.15) is 0 Å². The van der Waals surface area contributed by atoms with E-state index in [9.17, 15) is 9.90 Å². The van der Waals surface area contributed by atoms with Gasteiger partial charge in [0.2, 0.25) is 0 Å². The lowest BCUT2D eigenvalue weighted by atomic mass is 9.76. The van der Waals surface area contributed by atoms with Crippen LogP contribution in [0.2, 0.25) is 0 Å². The van der Waals surface area contributed by atoms with Gasteiger partial charge in [-0.1, -0.05) is 45.6 Å². The van der Waals surface area contributed by atoms with E-state index >= 15 is 0 Å². The monoisotopic (exact) mass is 240 g/mol. The average Bonchev–Trinajstić information content (AvgIpc) is 2.32. The SMILES string of the molecule is C=CCCCCCC(CC)(CCCC)C(=O)O. The van der Waals surface area contributed by atoms with Crippen LogP contribution in [0.25, 0.3) is 0 Å². The predicted molar refractivity (Wildman–Crippen MR) is 73.2 cm³/mol. The number of hydrogen-bond donors (Lipinski definition) is 1. The van der Waals surface area contributed by atoms with E-state index in [2.05, 4.69) is 13.5 Å². The number of hydrogen-bond acceptors (Lipinski definition) is 1. The van der Waals surface area contributed by atoms with E-state index in [0.29, 0.717) is 0 Å². The molecule has 0 aromatic rings. The molecule has 2 nitrogen and oxygen atoms in total. The van der Waals surface area contributed by atoms with E-state index in [-0.39, 0.29) is 0 Å². The van der Waals surface area contributed by atoms with Crippen LogP contribution >= 0.6 is 0 Å². The Morgan fingerprint density at radius 1 is 1.18 bits per heavy atom. The highest BCUT2D eigenvalue weighted by atomic mass is 16.4. The Morgan fingerprint density at radius 2 is 1.82 bits per heavy atom. The molecule has 100 valence electrons. The summed E-state index contributed by atoms with van der Waals surface area (Å²) in [4.78, 5) is 11.5. The van der Waals surface area contributed by atoms with Crippen molar-refractivity contribution in [2.45, 2.75) is 71.6 Å². The minimum absolute atomic E-state index is 0.468. The summed E-state index contributed by atoms with van der Waals surface area (Å²) >= 11 is 0. The summed E-state index contributed by atoms with van der Waals surface area (Å²) < 4.78 is 0. The molecule has 0 aromatic heterocycles. The van der Waals surface area contributed by atoms with Crippen LogP contribution in [0, 0.1) is 5.41 Å². The molecule has 1 N–H and O–H groups in total. The topological polar surface area (TPSA) is 37.3 Å². The molecule has 0 spiro atoms. The molecular formula is C15H28O2. The van der Waals surface area contributed by atoms with E-state index in [4.69, 9.17) is 0 Å². The lowest BCUT2D eigenvalue weighted by Crippen LogP contribution is -2.30. The first-order chi connectivity index (χ1) is 8.13. The first kappa shape index (κ1) is 16.2. The highest BCUT2D eigenvalue weighted by Gasteiger charge is 2.34. The molecule has 0 aromatic carbocycles. The van der Waals surface area contributed by atoms with E-state index in [1.165, 1.54) is 0 Å². The molecule has 0 aliphatic rings. The maximum absolute atomic E-state index is 11.5. The van der Waals surface area contributed by atoms with E-state index < -0.39 is 11.4 Å². The van der Waals surface area contributed by atoms with Gasteiger partial charge in [0, 0.05) is 0 Å². The zero-order valence-electron chi connectivity index (χ0n) is 11.5. The number of allylic oxidation sites excluding steroid dienone is 1. The molecule has 0 radical (unpaired) electrons. The summed E-state index contributed by atoms with van der Waals surface area (Å²) in [6, 6.07) is 0. The molecule has 0 amide bonds. The van der Waals surface area contributed by atoms with Crippen LogP contribution in [-0.4, -0.2) is 11.1 Å². The Balaban J connectivity index is 4.17. The quantitative estimate of drug-likeness (QED) is 0.416. The van der Waals surface area contributed by atoms with Gasteiger partial charge < -0.3 is 5.11 Å². The van der Waals surface area contributed by atoms with Crippen molar-refractivity contribution in [2.24, 2.45) is 5.41 Å². The van der Waals surface area contributed by atoms with Crippen molar-refractivity contribution in [3.05, 3.63) is 12.7 Å². The number of carboxylic acids is 1. The van der Waals surface area contributed by atoms with Crippen LogP contribution in [0.15, 0.2) is 12.7 Å².